The fourth-order valence-corrected chi connectivity index (χ4v) is 3.83. The van der Waals surface area contributed by atoms with Crippen molar-refractivity contribution < 1.29 is 19.4 Å². The van der Waals surface area contributed by atoms with Crippen LogP contribution in [0, 0.1) is 0 Å². The number of para-hydroxylation sites is 1. The lowest BCUT2D eigenvalue weighted by atomic mass is 10.3. The summed E-state index contributed by atoms with van der Waals surface area (Å²) >= 11 is 1.08. The van der Waals surface area contributed by atoms with Gasteiger partial charge in [0, 0.05) is 7.05 Å². The van der Waals surface area contributed by atoms with Crippen molar-refractivity contribution in [2.75, 3.05) is 13.2 Å². The zero-order valence-electron chi connectivity index (χ0n) is 17.4. The van der Waals surface area contributed by atoms with Crippen molar-refractivity contribution in [2.45, 2.75) is 36.9 Å². The number of carbonyl (C=O) groups is 1. The third-order valence-electron chi connectivity index (χ3n) is 4.45. The molecule has 0 amide bonds. The van der Waals surface area contributed by atoms with Crippen molar-refractivity contribution in [1.82, 2.24) is 19.1 Å². The minimum absolute atomic E-state index is 0.0229. The number of aromatic amines is 1. The number of aromatic nitrogens is 4. The molecule has 0 aliphatic heterocycles. The van der Waals surface area contributed by atoms with Gasteiger partial charge in [0.1, 0.15) is 23.7 Å². The molecule has 31 heavy (non-hydrogen) atoms. The van der Waals surface area contributed by atoms with Crippen molar-refractivity contribution in [1.29, 1.82) is 0 Å². The van der Waals surface area contributed by atoms with Gasteiger partial charge >= 0.3 is 11.7 Å². The van der Waals surface area contributed by atoms with Crippen LogP contribution in [0.1, 0.15) is 13.8 Å². The topological polar surface area (TPSA) is 128 Å². The Balaban J connectivity index is 1.93. The van der Waals surface area contributed by atoms with E-state index >= 15 is 0 Å². The molecule has 3 aromatic rings. The van der Waals surface area contributed by atoms with E-state index < -0.39 is 28.6 Å². The Morgan fingerprint density at radius 1 is 1.29 bits per heavy atom. The van der Waals surface area contributed by atoms with Crippen LogP contribution < -0.4 is 16.0 Å². The Bertz CT molecular complexity index is 1170. The largest absolute Gasteiger partial charge is 0.491 e. The molecule has 0 fully saturated rings. The Kier molecular flexibility index (Phi) is 7.18. The number of aliphatic hydroxyl groups excluding tert-OH is 1. The second-order valence-corrected chi connectivity index (χ2v) is 8.09. The quantitative estimate of drug-likeness (QED) is 0.365. The molecular formula is C20H24N4O6S. The molecule has 0 aliphatic carbocycles. The Labute approximate surface area is 181 Å². The monoisotopic (exact) mass is 448 g/mol. The molecule has 0 unspecified atom stereocenters. The van der Waals surface area contributed by atoms with Gasteiger partial charge < -0.3 is 19.1 Å². The molecule has 2 heterocycles. The van der Waals surface area contributed by atoms with Crippen LogP contribution in [0.2, 0.25) is 0 Å². The van der Waals surface area contributed by atoms with E-state index in [4.69, 9.17) is 9.47 Å². The number of H-pyrrole nitrogens is 1. The summed E-state index contributed by atoms with van der Waals surface area (Å²) in [6.07, 6.45) is -0.980. The van der Waals surface area contributed by atoms with E-state index in [1.165, 1.54) is 16.2 Å². The molecule has 3 rings (SSSR count). The van der Waals surface area contributed by atoms with Gasteiger partial charge in [-0.1, -0.05) is 30.0 Å². The molecular weight excluding hydrogens is 424 g/mol. The fraction of sp³-hybridized carbons (Fsp3) is 0.400. The minimum Gasteiger partial charge on any atom is -0.491 e. The van der Waals surface area contributed by atoms with E-state index in [2.05, 4.69) is 9.97 Å². The number of fused-ring (bicyclic) bond motifs is 1. The van der Waals surface area contributed by atoms with E-state index in [1.54, 1.807) is 26.0 Å². The van der Waals surface area contributed by atoms with Crippen LogP contribution in [0.5, 0.6) is 5.75 Å². The Morgan fingerprint density at radius 3 is 2.68 bits per heavy atom. The van der Waals surface area contributed by atoms with E-state index in [0.29, 0.717) is 10.9 Å². The van der Waals surface area contributed by atoms with Gasteiger partial charge in [0.2, 0.25) is 0 Å². The molecule has 10 nitrogen and oxygen atoms in total. The SMILES string of the molecule is CCOC(=O)[C@@H](C)Sc1nc2c(c(=O)[nH]c(=O)n2C)n1C[C@H](O)COc1ccccc1. The standard InChI is InChI=1S/C20H24N4O6S/c1-4-29-18(27)12(2)31-20-21-16-15(17(26)22-19(28)23(16)3)24(20)10-13(25)11-30-14-8-6-5-7-9-14/h5-9,12-13,25H,4,10-11H2,1-3H3,(H,22,26,28)/t12-,13+/m1/s1. The molecule has 166 valence electrons. The summed E-state index contributed by atoms with van der Waals surface area (Å²) in [5.74, 6) is 0.171. The molecule has 0 saturated carbocycles. The van der Waals surface area contributed by atoms with E-state index in [0.717, 1.165) is 11.8 Å². The first-order valence-electron chi connectivity index (χ1n) is 9.70. The van der Waals surface area contributed by atoms with Crippen molar-refractivity contribution >= 4 is 28.9 Å². The summed E-state index contributed by atoms with van der Waals surface area (Å²) in [5.41, 5.74) is -0.953. The van der Waals surface area contributed by atoms with Gasteiger partial charge in [0.15, 0.2) is 16.3 Å². The lowest BCUT2D eigenvalue weighted by Gasteiger charge is -2.16. The summed E-state index contributed by atoms with van der Waals surface area (Å²) in [6, 6.07) is 9.02. The van der Waals surface area contributed by atoms with Gasteiger partial charge in [-0.25, -0.2) is 9.78 Å². The van der Waals surface area contributed by atoms with Crippen molar-refractivity contribution in [3.63, 3.8) is 0 Å². The molecule has 2 N–H and O–H groups in total. The second-order valence-electron chi connectivity index (χ2n) is 6.79. The number of hydrogen-bond acceptors (Lipinski definition) is 8. The number of ether oxygens (including phenoxy) is 2. The van der Waals surface area contributed by atoms with Crippen LogP contribution in [0.25, 0.3) is 11.2 Å². The molecule has 2 aromatic heterocycles. The summed E-state index contributed by atoms with van der Waals surface area (Å²) in [5, 5.41) is 10.3. The Morgan fingerprint density at radius 2 is 2.00 bits per heavy atom. The summed E-state index contributed by atoms with van der Waals surface area (Å²) in [6.45, 7) is 3.56. The van der Waals surface area contributed by atoms with E-state index in [1.807, 2.05) is 18.2 Å². The van der Waals surface area contributed by atoms with Gasteiger partial charge in [-0.15, -0.1) is 0 Å². The maximum absolute atomic E-state index is 12.5. The molecule has 0 aliphatic rings. The fourth-order valence-electron chi connectivity index (χ4n) is 2.91. The molecule has 0 saturated heterocycles. The van der Waals surface area contributed by atoms with Gasteiger partial charge in [-0.3, -0.25) is 19.1 Å². The number of hydrogen-bond donors (Lipinski definition) is 2. The maximum Gasteiger partial charge on any atom is 0.329 e. The number of thioether (sulfide) groups is 1. The predicted octanol–water partition coefficient (Wildman–Crippen LogP) is 0.907. The van der Waals surface area contributed by atoms with Crippen molar-refractivity contribution in [3.8, 4) is 5.75 Å². The minimum atomic E-state index is -0.980. The van der Waals surface area contributed by atoms with E-state index in [9.17, 15) is 19.5 Å². The number of nitrogens with one attached hydrogen (secondary N) is 1. The zero-order valence-corrected chi connectivity index (χ0v) is 18.2. The smallest absolute Gasteiger partial charge is 0.329 e. The second kappa shape index (κ2) is 9.84. The van der Waals surface area contributed by atoms with E-state index in [-0.39, 0.29) is 30.9 Å². The molecule has 0 radical (unpaired) electrons. The lowest BCUT2D eigenvalue weighted by molar-refractivity contribution is -0.142. The van der Waals surface area contributed by atoms with Gasteiger partial charge in [0.05, 0.1) is 13.2 Å². The van der Waals surface area contributed by atoms with Crippen LogP contribution in [0.4, 0.5) is 0 Å². The number of esters is 1. The van der Waals surface area contributed by atoms with Crippen molar-refractivity contribution in [2.24, 2.45) is 7.05 Å². The molecule has 1 aromatic carbocycles. The van der Waals surface area contributed by atoms with Crippen molar-refractivity contribution in [3.05, 3.63) is 51.2 Å². The molecule has 0 bridgehead atoms. The van der Waals surface area contributed by atoms with Gasteiger partial charge in [-0.2, -0.15) is 0 Å². The van der Waals surface area contributed by atoms with Gasteiger partial charge in [0.25, 0.3) is 5.56 Å². The average molecular weight is 449 g/mol. The number of imidazole rings is 1. The van der Waals surface area contributed by atoms with Crippen LogP contribution >= 0.6 is 11.8 Å². The number of benzene rings is 1. The summed E-state index contributed by atoms with van der Waals surface area (Å²) in [4.78, 5) is 43.2. The molecule has 2 atom stereocenters. The maximum atomic E-state index is 12.5. The lowest BCUT2D eigenvalue weighted by Crippen LogP contribution is -2.30. The van der Waals surface area contributed by atoms with Crippen LogP contribution in [-0.4, -0.2) is 54.7 Å². The first-order chi connectivity index (χ1) is 14.8. The molecule has 11 heteroatoms. The highest BCUT2D eigenvalue weighted by atomic mass is 32.2. The third kappa shape index (κ3) is 5.17. The first-order valence-corrected chi connectivity index (χ1v) is 10.6. The number of aryl methyl sites for hydroxylation is 1. The Hall–Kier alpha value is -3.05. The summed E-state index contributed by atoms with van der Waals surface area (Å²) in [7, 11) is 1.48. The normalized spacial score (nSPS) is 13.2. The predicted molar refractivity (Wildman–Crippen MR) is 115 cm³/mol. The number of aliphatic hydroxyl groups is 1. The number of carbonyl (C=O) groups excluding carboxylic acids is 1. The highest BCUT2D eigenvalue weighted by Gasteiger charge is 2.24. The first kappa shape index (κ1) is 22.6. The number of rotatable bonds is 9. The third-order valence-corrected chi connectivity index (χ3v) is 5.52. The van der Waals surface area contributed by atoms with Crippen LogP contribution in [-0.2, 0) is 23.1 Å². The van der Waals surface area contributed by atoms with Crippen LogP contribution in [0.3, 0.4) is 0 Å². The highest BCUT2D eigenvalue weighted by molar-refractivity contribution is 8.00. The highest BCUT2D eigenvalue weighted by Crippen LogP contribution is 2.26. The van der Waals surface area contributed by atoms with Gasteiger partial charge in [-0.05, 0) is 26.0 Å². The van der Waals surface area contributed by atoms with Crippen LogP contribution in [0.15, 0.2) is 45.1 Å². The zero-order chi connectivity index (χ0) is 22.5. The average Bonchev–Trinajstić information content (AvgIpc) is 3.10. The number of nitrogens with zero attached hydrogens (tertiary/aromatic N) is 3. The summed E-state index contributed by atoms with van der Waals surface area (Å²) < 4.78 is 13.3. The molecule has 0 spiro atoms.